The van der Waals surface area contributed by atoms with Crippen LogP contribution < -0.4 is 15.8 Å². The van der Waals surface area contributed by atoms with Gasteiger partial charge in [0.05, 0.1) is 16.9 Å². The molecule has 4 heterocycles. The van der Waals surface area contributed by atoms with Crippen molar-refractivity contribution in [1.29, 1.82) is 0 Å². The van der Waals surface area contributed by atoms with Crippen LogP contribution in [-0.2, 0) is 6.54 Å². The molecule has 1 fully saturated rings. The van der Waals surface area contributed by atoms with Crippen LogP contribution in [0.2, 0.25) is 0 Å². The van der Waals surface area contributed by atoms with E-state index in [1.165, 1.54) is 17.6 Å². The van der Waals surface area contributed by atoms with Gasteiger partial charge in [0, 0.05) is 50.9 Å². The second-order valence-corrected chi connectivity index (χ2v) is 8.71. The lowest BCUT2D eigenvalue weighted by Crippen LogP contribution is -2.46. The topological polar surface area (TPSA) is 98.6 Å². The SMILES string of the molecule is CNC(=O)c1ccc(N2CCN(Cc3ccc4c([nH]c(=O)c5c(C)c(C)nn54)c3F)CC2)c(F)n1. The maximum Gasteiger partial charge on any atom is 0.274 e. The number of piperazine rings is 1. The lowest BCUT2D eigenvalue weighted by Gasteiger charge is -2.36. The Kier molecular flexibility index (Phi) is 5.72. The van der Waals surface area contributed by atoms with Crippen molar-refractivity contribution in [2.45, 2.75) is 20.4 Å². The molecule has 9 nitrogen and oxygen atoms in total. The number of carbonyl (C=O) groups excluding carboxylic acids is 1. The van der Waals surface area contributed by atoms with Gasteiger partial charge in [-0.25, -0.2) is 13.9 Å². The molecule has 3 aromatic heterocycles. The van der Waals surface area contributed by atoms with Crippen molar-refractivity contribution in [3.8, 4) is 0 Å². The van der Waals surface area contributed by atoms with Gasteiger partial charge in [-0.2, -0.15) is 9.49 Å². The van der Waals surface area contributed by atoms with Gasteiger partial charge in [0.25, 0.3) is 11.5 Å². The zero-order chi connectivity index (χ0) is 24.9. The van der Waals surface area contributed by atoms with Crippen LogP contribution >= 0.6 is 0 Å². The number of aryl methyl sites for hydroxylation is 2. The van der Waals surface area contributed by atoms with Gasteiger partial charge in [0.2, 0.25) is 5.95 Å². The molecule has 0 unspecified atom stereocenters. The number of fused-ring (bicyclic) bond motifs is 3. The third kappa shape index (κ3) is 3.91. The van der Waals surface area contributed by atoms with Crippen molar-refractivity contribution in [3.63, 3.8) is 0 Å². The number of carbonyl (C=O) groups is 1. The zero-order valence-electron chi connectivity index (χ0n) is 19.7. The van der Waals surface area contributed by atoms with E-state index in [1.54, 1.807) is 18.2 Å². The van der Waals surface area contributed by atoms with Crippen LogP contribution in [0.5, 0.6) is 0 Å². The number of H-pyrrole nitrogens is 1. The van der Waals surface area contributed by atoms with Gasteiger partial charge in [-0.15, -0.1) is 0 Å². The molecule has 182 valence electrons. The third-order valence-corrected chi connectivity index (χ3v) is 6.64. The minimum absolute atomic E-state index is 0.0231. The van der Waals surface area contributed by atoms with Crippen LogP contribution in [0, 0.1) is 25.6 Å². The molecule has 0 aliphatic carbocycles. The molecular formula is C24H25F2N7O2. The molecule has 5 rings (SSSR count). The lowest BCUT2D eigenvalue weighted by atomic mass is 10.1. The van der Waals surface area contributed by atoms with Crippen molar-refractivity contribution in [1.82, 2.24) is 29.8 Å². The molecule has 1 amide bonds. The van der Waals surface area contributed by atoms with Crippen LogP contribution in [0.3, 0.4) is 0 Å². The Morgan fingerprint density at radius 2 is 1.86 bits per heavy atom. The Morgan fingerprint density at radius 1 is 1.11 bits per heavy atom. The molecular weight excluding hydrogens is 456 g/mol. The first-order valence-corrected chi connectivity index (χ1v) is 11.3. The van der Waals surface area contributed by atoms with E-state index in [2.05, 4.69) is 25.3 Å². The Hall–Kier alpha value is -3.86. The summed E-state index contributed by atoms with van der Waals surface area (Å²) >= 11 is 0. The Bertz CT molecular complexity index is 1520. The average molecular weight is 482 g/mol. The molecule has 11 heteroatoms. The second-order valence-electron chi connectivity index (χ2n) is 8.71. The quantitative estimate of drug-likeness (QED) is 0.434. The highest BCUT2D eigenvalue weighted by molar-refractivity contribution is 5.92. The average Bonchev–Trinajstić information content (AvgIpc) is 3.16. The molecule has 0 atom stereocenters. The summed E-state index contributed by atoms with van der Waals surface area (Å²) < 4.78 is 31.4. The minimum atomic E-state index is -0.695. The number of benzene rings is 1. The van der Waals surface area contributed by atoms with E-state index in [0.717, 1.165) is 11.3 Å². The van der Waals surface area contributed by atoms with E-state index in [4.69, 9.17) is 0 Å². The van der Waals surface area contributed by atoms with Crippen LogP contribution in [-0.4, -0.2) is 63.6 Å². The van der Waals surface area contributed by atoms with Crippen molar-refractivity contribution >= 4 is 28.1 Å². The van der Waals surface area contributed by atoms with Gasteiger partial charge in [0.1, 0.15) is 16.7 Å². The summed E-state index contributed by atoms with van der Waals surface area (Å²) in [7, 11) is 1.46. The summed E-state index contributed by atoms with van der Waals surface area (Å²) in [5.74, 6) is -1.62. The fraction of sp³-hybridized carbons (Fsp3) is 0.333. The number of hydrogen-bond donors (Lipinski definition) is 2. The molecule has 4 aromatic rings. The summed E-state index contributed by atoms with van der Waals surface area (Å²) in [4.78, 5) is 34.6. The number of aromatic nitrogens is 4. The molecule has 0 bridgehead atoms. The van der Waals surface area contributed by atoms with Gasteiger partial charge in [-0.05, 0) is 32.0 Å². The highest BCUT2D eigenvalue weighted by atomic mass is 19.1. The maximum absolute atomic E-state index is 15.4. The Morgan fingerprint density at radius 3 is 2.54 bits per heavy atom. The fourth-order valence-corrected chi connectivity index (χ4v) is 4.55. The van der Waals surface area contributed by atoms with Crippen molar-refractivity contribution < 1.29 is 13.6 Å². The number of nitrogens with zero attached hydrogens (tertiary/aromatic N) is 5. The lowest BCUT2D eigenvalue weighted by molar-refractivity contribution is 0.0957. The summed E-state index contributed by atoms with van der Waals surface area (Å²) in [5.41, 5.74) is 2.99. The number of rotatable bonds is 4. The minimum Gasteiger partial charge on any atom is -0.365 e. The number of hydrogen-bond acceptors (Lipinski definition) is 6. The first-order chi connectivity index (χ1) is 16.8. The number of nitrogens with one attached hydrogen (secondary N) is 2. The summed E-state index contributed by atoms with van der Waals surface area (Å²) in [5, 5.41) is 6.83. The zero-order valence-corrected chi connectivity index (χ0v) is 19.7. The number of anilines is 1. The molecule has 1 saturated heterocycles. The van der Waals surface area contributed by atoms with Gasteiger partial charge in [-0.3, -0.25) is 14.5 Å². The molecule has 0 radical (unpaired) electrons. The van der Waals surface area contributed by atoms with E-state index in [0.29, 0.717) is 55.0 Å². The van der Waals surface area contributed by atoms with E-state index >= 15 is 4.39 Å². The number of amides is 1. The highest BCUT2D eigenvalue weighted by Crippen LogP contribution is 2.24. The number of pyridine rings is 1. The largest absolute Gasteiger partial charge is 0.365 e. The van der Waals surface area contributed by atoms with E-state index in [1.807, 2.05) is 18.7 Å². The van der Waals surface area contributed by atoms with Crippen LogP contribution in [0.4, 0.5) is 14.5 Å². The van der Waals surface area contributed by atoms with Crippen molar-refractivity contribution in [3.05, 3.63) is 68.9 Å². The summed E-state index contributed by atoms with van der Waals surface area (Å²) in [6, 6.07) is 6.54. The van der Waals surface area contributed by atoms with E-state index in [-0.39, 0.29) is 16.8 Å². The predicted molar refractivity (Wildman–Crippen MR) is 128 cm³/mol. The highest BCUT2D eigenvalue weighted by Gasteiger charge is 2.23. The number of aromatic amines is 1. The van der Waals surface area contributed by atoms with Crippen LogP contribution in [0.15, 0.2) is 29.1 Å². The summed E-state index contributed by atoms with van der Waals surface area (Å²) in [6.07, 6.45) is 0. The molecule has 0 spiro atoms. The Labute approximate surface area is 199 Å². The van der Waals surface area contributed by atoms with Gasteiger partial charge >= 0.3 is 0 Å². The first kappa shape index (κ1) is 22.9. The standard InChI is InChI=1S/C24H25F2N7O2/c1-13-14(2)30-33-17-6-4-15(19(25)20(17)29-24(35)21(13)33)12-31-8-10-32(11-9-31)18-7-5-16(23(34)27-3)28-22(18)26/h4-7H,8-12H2,1-3H3,(H,27,34)(H,29,35). The molecule has 2 N–H and O–H groups in total. The fourth-order valence-electron chi connectivity index (χ4n) is 4.55. The second kappa shape index (κ2) is 8.73. The Balaban J connectivity index is 1.34. The van der Waals surface area contributed by atoms with E-state index < -0.39 is 17.7 Å². The van der Waals surface area contributed by atoms with Crippen LogP contribution in [0.1, 0.15) is 27.3 Å². The first-order valence-electron chi connectivity index (χ1n) is 11.3. The smallest absolute Gasteiger partial charge is 0.274 e. The molecule has 1 aromatic carbocycles. The molecule has 35 heavy (non-hydrogen) atoms. The summed E-state index contributed by atoms with van der Waals surface area (Å²) in [6.45, 7) is 6.20. The van der Waals surface area contributed by atoms with Gasteiger partial charge in [0.15, 0.2) is 5.82 Å². The van der Waals surface area contributed by atoms with Gasteiger partial charge < -0.3 is 15.2 Å². The monoisotopic (exact) mass is 481 g/mol. The van der Waals surface area contributed by atoms with E-state index in [9.17, 15) is 14.0 Å². The maximum atomic E-state index is 15.4. The normalized spacial score (nSPS) is 14.7. The van der Waals surface area contributed by atoms with Crippen molar-refractivity contribution in [2.24, 2.45) is 0 Å². The molecule has 1 aliphatic heterocycles. The predicted octanol–water partition coefficient (Wildman–Crippen LogP) is 2.15. The van der Waals surface area contributed by atoms with Crippen molar-refractivity contribution in [2.75, 3.05) is 38.1 Å². The molecule has 0 saturated carbocycles. The third-order valence-electron chi connectivity index (χ3n) is 6.64. The molecule has 1 aliphatic rings. The van der Waals surface area contributed by atoms with Crippen LogP contribution in [0.25, 0.3) is 16.6 Å². The van der Waals surface area contributed by atoms with Gasteiger partial charge in [-0.1, -0.05) is 6.07 Å². The number of halogens is 2.